The highest BCUT2D eigenvalue weighted by Gasteiger charge is 2.16. The Bertz CT molecular complexity index is 325. The molecule has 0 spiro atoms. The number of rotatable bonds is 7. The fraction of sp³-hybridized carbons (Fsp3) is 0.667. The molecule has 0 aliphatic carbocycles. The summed E-state index contributed by atoms with van der Waals surface area (Å²) in [7, 11) is 0. The highest BCUT2D eigenvalue weighted by atomic mass is 16.3. The predicted octanol–water partition coefficient (Wildman–Crippen LogP) is 2.78. The van der Waals surface area contributed by atoms with Gasteiger partial charge in [0.25, 0.3) is 0 Å². The second-order valence-corrected chi connectivity index (χ2v) is 5.61. The summed E-state index contributed by atoms with van der Waals surface area (Å²) in [5.41, 5.74) is 1.23. The van der Waals surface area contributed by atoms with Gasteiger partial charge in [0.1, 0.15) is 0 Å². The van der Waals surface area contributed by atoms with Crippen LogP contribution in [0.1, 0.15) is 45.7 Å². The summed E-state index contributed by atoms with van der Waals surface area (Å²) < 4.78 is 0. The Labute approximate surface area is 111 Å². The van der Waals surface area contributed by atoms with Crippen molar-refractivity contribution in [2.24, 2.45) is 11.8 Å². The van der Waals surface area contributed by atoms with Crippen LogP contribution in [0, 0.1) is 11.8 Å². The summed E-state index contributed by atoms with van der Waals surface area (Å²) >= 11 is 0. The van der Waals surface area contributed by atoms with Crippen molar-refractivity contribution >= 4 is 0 Å². The Hall–Kier alpha value is -0.930. The van der Waals surface area contributed by atoms with E-state index in [1.54, 1.807) is 6.20 Å². The van der Waals surface area contributed by atoms with Crippen LogP contribution in [0.4, 0.5) is 0 Å². The molecule has 1 rings (SSSR count). The molecular formula is C15H26N2O. The topological polar surface area (TPSA) is 45.1 Å². The van der Waals surface area contributed by atoms with Crippen molar-refractivity contribution in [3.05, 3.63) is 30.1 Å². The molecular weight excluding hydrogens is 224 g/mol. The number of aliphatic hydroxyl groups excluding tert-OH is 1. The third-order valence-corrected chi connectivity index (χ3v) is 3.14. The van der Waals surface area contributed by atoms with Crippen molar-refractivity contribution in [2.45, 2.75) is 46.3 Å². The Morgan fingerprint density at radius 1 is 1.28 bits per heavy atom. The molecule has 3 heteroatoms. The van der Waals surface area contributed by atoms with Crippen LogP contribution in [0.15, 0.2) is 24.5 Å². The lowest BCUT2D eigenvalue weighted by atomic mass is 9.96. The minimum absolute atomic E-state index is 0.224. The molecule has 0 amide bonds. The maximum atomic E-state index is 9.38. The second kappa shape index (κ2) is 7.49. The van der Waals surface area contributed by atoms with Gasteiger partial charge in [-0.05, 0) is 43.4 Å². The number of aromatic nitrogens is 1. The molecule has 102 valence electrons. The second-order valence-electron chi connectivity index (χ2n) is 5.61. The number of nitrogens with zero attached hydrogens (tertiary/aromatic N) is 1. The van der Waals surface area contributed by atoms with E-state index < -0.39 is 0 Å². The monoisotopic (exact) mass is 250 g/mol. The van der Waals surface area contributed by atoms with Crippen molar-refractivity contribution in [2.75, 3.05) is 6.54 Å². The van der Waals surface area contributed by atoms with Gasteiger partial charge < -0.3 is 10.4 Å². The van der Waals surface area contributed by atoms with Crippen molar-refractivity contribution in [3.8, 4) is 0 Å². The smallest absolute Gasteiger partial charge is 0.0515 e. The van der Waals surface area contributed by atoms with Gasteiger partial charge in [-0.2, -0.15) is 0 Å². The maximum absolute atomic E-state index is 9.38. The van der Waals surface area contributed by atoms with E-state index in [0.29, 0.717) is 17.9 Å². The lowest BCUT2D eigenvalue weighted by Gasteiger charge is -2.25. The third-order valence-electron chi connectivity index (χ3n) is 3.14. The van der Waals surface area contributed by atoms with E-state index in [0.717, 1.165) is 13.0 Å². The first-order valence-electron chi connectivity index (χ1n) is 6.82. The van der Waals surface area contributed by atoms with E-state index in [2.05, 4.69) is 37.1 Å². The van der Waals surface area contributed by atoms with Crippen LogP contribution in [0.5, 0.6) is 0 Å². The molecule has 0 aliphatic heterocycles. The molecule has 2 N–H and O–H groups in total. The standard InChI is InChI=1S/C15H26N2O/c1-11(2)15(14-6-5-7-16-10-14)17-9-12(3)8-13(4)18/h5-7,10-13,15,17-18H,8-9H2,1-4H3. The molecule has 0 saturated carbocycles. The predicted molar refractivity (Wildman–Crippen MR) is 75.3 cm³/mol. The van der Waals surface area contributed by atoms with Gasteiger partial charge in [0.15, 0.2) is 0 Å². The van der Waals surface area contributed by atoms with Crippen LogP contribution >= 0.6 is 0 Å². The number of hydrogen-bond acceptors (Lipinski definition) is 3. The van der Waals surface area contributed by atoms with E-state index in [4.69, 9.17) is 0 Å². The molecule has 1 aromatic heterocycles. The normalized spacial score (nSPS) is 16.6. The Morgan fingerprint density at radius 3 is 2.50 bits per heavy atom. The first-order chi connectivity index (χ1) is 8.50. The maximum Gasteiger partial charge on any atom is 0.0515 e. The summed E-state index contributed by atoms with van der Waals surface area (Å²) in [5, 5.41) is 13.0. The van der Waals surface area contributed by atoms with Gasteiger partial charge in [0, 0.05) is 18.4 Å². The van der Waals surface area contributed by atoms with Crippen molar-refractivity contribution in [3.63, 3.8) is 0 Å². The van der Waals surface area contributed by atoms with Crippen LogP contribution in [0.25, 0.3) is 0 Å². The Morgan fingerprint density at radius 2 is 2.00 bits per heavy atom. The highest BCUT2D eigenvalue weighted by molar-refractivity contribution is 5.14. The van der Waals surface area contributed by atoms with E-state index in [1.807, 2.05) is 19.2 Å². The number of pyridine rings is 1. The first kappa shape index (κ1) is 15.1. The average molecular weight is 250 g/mol. The van der Waals surface area contributed by atoms with Crippen molar-refractivity contribution in [1.29, 1.82) is 0 Å². The zero-order chi connectivity index (χ0) is 13.5. The van der Waals surface area contributed by atoms with Crippen LogP contribution in [0.3, 0.4) is 0 Å². The molecule has 3 nitrogen and oxygen atoms in total. The number of aliphatic hydroxyl groups is 1. The first-order valence-corrected chi connectivity index (χ1v) is 6.82. The summed E-state index contributed by atoms with van der Waals surface area (Å²) in [6.07, 6.45) is 4.34. The fourth-order valence-electron chi connectivity index (χ4n) is 2.29. The van der Waals surface area contributed by atoms with E-state index in [1.165, 1.54) is 5.56 Å². The van der Waals surface area contributed by atoms with Crippen LogP contribution in [0.2, 0.25) is 0 Å². The van der Waals surface area contributed by atoms with Gasteiger partial charge in [-0.1, -0.05) is 26.8 Å². The SMILES string of the molecule is CC(O)CC(C)CNC(c1cccnc1)C(C)C. The van der Waals surface area contributed by atoms with Crippen LogP contribution in [-0.4, -0.2) is 22.7 Å². The summed E-state index contributed by atoms with van der Waals surface area (Å²) in [6.45, 7) is 9.36. The van der Waals surface area contributed by atoms with E-state index in [-0.39, 0.29) is 6.10 Å². The van der Waals surface area contributed by atoms with Crippen molar-refractivity contribution < 1.29 is 5.11 Å². The van der Waals surface area contributed by atoms with Crippen LogP contribution in [-0.2, 0) is 0 Å². The molecule has 0 saturated heterocycles. The molecule has 1 heterocycles. The Kier molecular flexibility index (Phi) is 6.30. The third kappa shape index (κ3) is 5.15. The lowest BCUT2D eigenvalue weighted by Crippen LogP contribution is -2.30. The molecule has 18 heavy (non-hydrogen) atoms. The molecule has 3 atom stereocenters. The highest BCUT2D eigenvalue weighted by Crippen LogP contribution is 2.21. The summed E-state index contributed by atoms with van der Waals surface area (Å²) in [4.78, 5) is 4.18. The van der Waals surface area contributed by atoms with Gasteiger partial charge in [-0.25, -0.2) is 0 Å². The average Bonchev–Trinajstić information content (AvgIpc) is 2.29. The number of nitrogens with one attached hydrogen (secondary N) is 1. The fourth-order valence-corrected chi connectivity index (χ4v) is 2.29. The van der Waals surface area contributed by atoms with Gasteiger partial charge in [-0.15, -0.1) is 0 Å². The zero-order valence-electron chi connectivity index (χ0n) is 11.9. The van der Waals surface area contributed by atoms with Gasteiger partial charge in [-0.3, -0.25) is 4.98 Å². The molecule has 1 aromatic rings. The summed E-state index contributed by atoms with van der Waals surface area (Å²) in [5.74, 6) is 0.996. The molecule has 0 bridgehead atoms. The Balaban J connectivity index is 2.55. The minimum Gasteiger partial charge on any atom is -0.393 e. The molecule has 0 radical (unpaired) electrons. The zero-order valence-corrected chi connectivity index (χ0v) is 11.9. The van der Waals surface area contributed by atoms with Gasteiger partial charge in [0.2, 0.25) is 0 Å². The minimum atomic E-state index is -0.224. The van der Waals surface area contributed by atoms with Gasteiger partial charge >= 0.3 is 0 Å². The van der Waals surface area contributed by atoms with Crippen molar-refractivity contribution in [1.82, 2.24) is 10.3 Å². The molecule has 0 aliphatic rings. The van der Waals surface area contributed by atoms with E-state index >= 15 is 0 Å². The largest absolute Gasteiger partial charge is 0.393 e. The lowest BCUT2D eigenvalue weighted by molar-refractivity contribution is 0.161. The molecule has 3 unspecified atom stereocenters. The van der Waals surface area contributed by atoms with E-state index in [9.17, 15) is 5.11 Å². The molecule has 0 fully saturated rings. The van der Waals surface area contributed by atoms with Gasteiger partial charge in [0.05, 0.1) is 6.10 Å². The summed E-state index contributed by atoms with van der Waals surface area (Å²) in [6, 6.07) is 4.42. The molecule has 0 aromatic carbocycles. The quantitative estimate of drug-likeness (QED) is 0.782. The number of hydrogen-bond donors (Lipinski definition) is 2. The van der Waals surface area contributed by atoms with Crippen LogP contribution < -0.4 is 5.32 Å².